The summed E-state index contributed by atoms with van der Waals surface area (Å²) in [6.07, 6.45) is 5.88. The standard InChI is InChI=1S/C14H24N2O4/c17-12(18)14(6-2-1-3-7-14)10-15-13(19)16-11-4-8-20-9-5-11/h11H,1-10H2,(H,17,18)(H2,15,16,19). The van der Waals surface area contributed by atoms with E-state index < -0.39 is 11.4 Å². The fourth-order valence-electron chi connectivity index (χ4n) is 3.02. The monoisotopic (exact) mass is 284 g/mol. The molecule has 0 aromatic carbocycles. The van der Waals surface area contributed by atoms with E-state index in [1.807, 2.05) is 0 Å². The lowest BCUT2D eigenvalue weighted by Crippen LogP contribution is -2.50. The summed E-state index contributed by atoms with van der Waals surface area (Å²) in [6, 6.07) is -0.126. The number of nitrogens with one attached hydrogen (secondary N) is 2. The van der Waals surface area contributed by atoms with Crippen LogP contribution in [0.4, 0.5) is 4.79 Å². The summed E-state index contributed by atoms with van der Waals surface area (Å²) in [4.78, 5) is 23.4. The van der Waals surface area contributed by atoms with E-state index in [9.17, 15) is 14.7 Å². The van der Waals surface area contributed by atoms with Crippen LogP contribution in [0.5, 0.6) is 0 Å². The van der Waals surface area contributed by atoms with Gasteiger partial charge in [-0.2, -0.15) is 0 Å². The van der Waals surface area contributed by atoms with Crippen LogP contribution in [0.25, 0.3) is 0 Å². The number of rotatable bonds is 4. The Balaban J connectivity index is 1.79. The Morgan fingerprint density at radius 3 is 2.40 bits per heavy atom. The third kappa shape index (κ3) is 3.85. The van der Waals surface area contributed by atoms with Gasteiger partial charge in [0.25, 0.3) is 0 Å². The molecule has 114 valence electrons. The van der Waals surface area contributed by atoms with E-state index in [1.165, 1.54) is 0 Å². The van der Waals surface area contributed by atoms with Crippen molar-refractivity contribution in [2.75, 3.05) is 19.8 Å². The maximum absolute atomic E-state index is 11.9. The molecule has 0 aromatic heterocycles. The van der Waals surface area contributed by atoms with Crippen LogP contribution in [0.15, 0.2) is 0 Å². The first-order valence-electron chi connectivity index (χ1n) is 7.48. The van der Waals surface area contributed by atoms with Gasteiger partial charge in [-0.1, -0.05) is 19.3 Å². The molecule has 0 atom stereocenters. The van der Waals surface area contributed by atoms with E-state index in [0.29, 0.717) is 26.1 Å². The lowest BCUT2D eigenvalue weighted by atomic mass is 9.74. The van der Waals surface area contributed by atoms with Crippen LogP contribution in [-0.2, 0) is 9.53 Å². The molecule has 0 unspecified atom stereocenters. The highest BCUT2D eigenvalue weighted by Crippen LogP contribution is 2.35. The quantitative estimate of drug-likeness (QED) is 0.730. The van der Waals surface area contributed by atoms with E-state index in [-0.39, 0.29) is 18.6 Å². The van der Waals surface area contributed by atoms with Crippen molar-refractivity contribution >= 4 is 12.0 Å². The number of hydrogen-bond donors (Lipinski definition) is 3. The van der Waals surface area contributed by atoms with Crippen molar-refractivity contribution in [3.05, 3.63) is 0 Å². The third-order valence-electron chi connectivity index (χ3n) is 4.41. The zero-order valence-electron chi connectivity index (χ0n) is 11.8. The van der Waals surface area contributed by atoms with Crippen LogP contribution in [0.3, 0.4) is 0 Å². The van der Waals surface area contributed by atoms with Crippen LogP contribution in [-0.4, -0.2) is 42.9 Å². The predicted molar refractivity (Wildman–Crippen MR) is 73.5 cm³/mol. The van der Waals surface area contributed by atoms with Gasteiger partial charge < -0.3 is 20.5 Å². The first-order chi connectivity index (χ1) is 9.62. The highest BCUT2D eigenvalue weighted by Gasteiger charge is 2.39. The second-order valence-corrected chi connectivity index (χ2v) is 5.86. The van der Waals surface area contributed by atoms with Gasteiger partial charge in [-0.25, -0.2) is 4.79 Å². The van der Waals surface area contributed by atoms with Gasteiger partial charge in [0.1, 0.15) is 0 Å². The Morgan fingerprint density at radius 2 is 1.80 bits per heavy atom. The van der Waals surface area contributed by atoms with Crippen LogP contribution in [0.1, 0.15) is 44.9 Å². The van der Waals surface area contributed by atoms with Gasteiger partial charge in [-0.3, -0.25) is 4.79 Å². The van der Waals surface area contributed by atoms with E-state index in [4.69, 9.17) is 4.74 Å². The fourth-order valence-corrected chi connectivity index (χ4v) is 3.02. The molecule has 3 N–H and O–H groups in total. The van der Waals surface area contributed by atoms with Crippen LogP contribution in [0, 0.1) is 5.41 Å². The first-order valence-corrected chi connectivity index (χ1v) is 7.48. The lowest BCUT2D eigenvalue weighted by molar-refractivity contribution is -0.150. The number of ether oxygens (including phenoxy) is 1. The second kappa shape index (κ2) is 6.92. The summed E-state index contributed by atoms with van der Waals surface area (Å²) in [5.41, 5.74) is -0.773. The van der Waals surface area contributed by atoms with Gasteiger partial charge in [-0.05, 0) is 25.7 Å². The van der Waals surface area contributed by atoms with Crippen molar-refractivity contribution in [2.24, 2.45) is 5.41 Å². The Morgan fingerprint density at radius 1 is 1.15 bits per heavy atom. The zero-order chi connectivity index (χ0) is 14.4. The highest BCUT2D eigenvalue weighted by molar-refractivity contribution is 5.78. The minimum atomic E-state index is -0.788. The molecule has 6 heteroatoms. The van der Waals surface area contributed by atoms with Crippen molar-refractivity contribution in [1.82, 2.24) is 10.6 Å². The first kappa shape index (κ1) is 15.1. The third-order valence-corrected chi connectivity index (χ3v) is 4.41. The molecule has 1 heterocycles. The van der Waals surface area contributed by atoms with Gasteiger partial charge in [-0.15, -0.1) is 0 Å². The van der Waals surface area contributed by atoms with Gasteiger partial charge in [0, 0.05) is 25.8 Å². The summed E-state index contributed by atoms with van der Waals surface area (Å²) in [5.74, 6) is -0.788. The van der Waals surface area contributed by atoms with Gasteiger partial charge in [0.2, 0.25) is 0 Å². The average molecular weight is 284 g/mol. The number of carboxylic acids is 1. The van der Waals surface area contributed by atoms with Crippen molar-refractivity contribution in [2.45, 2.75) is 51.0 Å². The number of hydrogen-bond acceptors (Lipinski definition) is 3. The lowest BCUT2D eigenvalue weighted by Gasteiger charge is -2.33. The minimum absolute atomic E-state index is 0.135. The minimum Gasteiger partial charge on any atom is -0.481 e. The van der Waals surface area contributed by atoms with Crippen LogP contribution >= 0.6 is 0 Å². The Bertz CT molecular complexity index is 347. The number of aliphatic carboxylic acids is 1. The van der Waals surface area contributed by atoms with Crippen molar-refractivity contribution in [1.29, 1.82) is 0 Å². The summed E-state index contributed by atoms with van der Waals surface area (Å²) in [7, 11) is 0. The average Bonchev–Trinajstić information content (AvgIpc) is 2.47. The molecule has 2 fully saturated rings. The summed E-state index contributed by atoms with van der Waals surface area (Å²) >= 11 is 0. The maximum Gasteiger partial charge on any atom is 0.315 e. The normalized spacial score (nSPS) is 23.0. The molecule has 2 rings (SSSR count). The van der Waals surface area contributed by atoms with E-state index in [1.54, 1.807) is 0 Å². The largest absolute Gasteiger partial charge is 0.481 e. The van der Waals surface area contributed by atoms with E-state index >= 15 is 0 Å². The smallest absolute Gasteiger partial charge is 0.315 e. The SMILES string of the molecule is O=C(NCC1(C(=O)O)CCCCC1)NC1CCOCC1. The van der Waals surface area contributed by atoms with Gasteiger partial charge in [0.05, 0.1) is 5.41 Å². The second-order valence-electron chi connectivity index (χ2n) is 5.86. The van der Waals surface area contributed by atoms with Crippen LogP contribution < -0.4 is 10.6 Å². The number of carbonyl (C=O) groups is 2. The van der Waals surface area contributed by atoms with Gasteiger partial charge in [0.15, 0.2) is 0 Å². The summed E-state index contributed by atoms with van der Waals surface area (Å²) in [6.45, 7) is 1.56. The number of carbonyl (C=O) groups excluding carboxylic acids is 1. The molecule has 1 aliphatic carbocycles. The van der Waals surface area contributed by atoms with Crippen LogP contribution in [0.2, 0.25) is 0 Å². The molecule has 0 spiro atoms. The van der Waals surface area contributed by atoms with Gasteiger partial charge >= 0.3 is 12.0 Å². The molecular formula is C14H24N2O4. The molecule has 20 heavy (non-hydrogen) atoms. The Hall–Kier alpha value is -1.30. The summed E-state index contributed by atoms with van der Waals surface area (Å²) < 4.78 is 5.23. The highest BCUT2D eigenvalue weighted by atomic mass is 16.5. The number of urea groups is 1. The molecule has 1 saturated carbocycles. The molecular weight excluding hydrogens is 260 g/mol. The molecule has 0 aromatic rings. The predicted octanol–water partition coefficient (Wildman–Crippen LogP) is 1.50. The molecule has 6 nitrogen and oxygen atoms in total. The number of carboxylic acid groups (broad SMARTS) is 1. The maximum atomic E-state index is 11.9. The van der Waals surface area contributed by atoms with E-state index in [0.717, 1.165) is 32.1 Å². The molecule has 0 bridgehead atoms. The molecule has 0 radical (unpaired) electrons. The summed E-state index contributed by atoms with van der Waals surface area (Å²) in [5, 5.41) is 15.1. The van der Waals surface area contributed by atoms with Crippen molar-refractivity contribution < 1.29 is 19.4 Å². The fraction of sp³-hybridized carbons (Fsp3) is 0.857. The molecule has 1 saturated heterocycles. The topological polar surface area (TPSA) is 87.7 Å². The van der Waals surface area contributed by atoms with E-state index in [2.05, 4.69) is 10.6 Å². The van der Waals surface area contributed by atoms with Crippen molar-refractivity contribution in [3.63, 3.8) is 0 Å². The molecule has 2 aliphatic rings. The number of amides is 2. The Kier molecular flexibility index (Phi) is 5.23. The Labute approximate surface area is 119 Å². The molecule has 1 aliphatic heterocycles. The van der Waals surface area contributed by atoms with Crippen molar-refractivity contribution in [3.8, 4) is 0 Å². The zero-order valence-corrected chi connectivity index (χ0v) is 11.8. The molecule has 2 amide bonds.